The third-order valence-corrected chi connectivity index (χ3v) is 2.51. The van der Waals surface area contributed by atoms with Crippen LogP contribution in [0.25, 0.3) is 0 Å². The van der Waals surface area contributed by atoms with Crippen LogP contribution in [0.15, 0.2) is 6.20 Å². The van der Waals surface area contributed by atoms with Crippen LogP contribution >= 0.6 is 11.6 Å². The molecule has 0 N–H and O–H groups in total. The van der Waals surface area contributed by atoms with Gasteiger partial charge in [-0.1, -0.05) is 11.6 Å². The van der Waals surface area contributed by atoms with E-state index in [4.69, 9.17) is 21.6 Å². The van der Waals surface area contributed by atoms with Crippen LogP contribution in [-0.4, -0.2) is 29.7 Å². The lowest BCUT2D eigenvalue weighted by Crippen LogP contribution is -2.32. The number of nitrogens with zero attached hydrogens (tertiary/aromatic N) is 4. The highest BCUT2D eigenvalue weighted by Gasteiger charge is 2.16. The maximum Gasteiger partial charge on any atom is 0.318 e. The van der Waals surface area contributed by atoms with Crippen LogP contribution in [0.1, 0.15) is 20.3 Å². The van der Waals surface area contributed by atoms with Gasteiger partial charge in [0.15, 0.2) is 5.82 Å². The highest BCUT2D eigenvalue weighted by atomic mass is 35.5. The van der Waals surface area contributed by atoms with E-state index in [9.17, 15) is 0 Å². The zero-order valence-electron chi connectivity index (χ0n) is 10.1. The predicted octanol–water partition coefficient (Wildman–Crippen LogP) is 2.27. The van der Waals surface area contributed by atoms with Gasteiger partial charge in [0.05, 0.1) is 25.8 Å². The highest BCUT2D eigenvalue weighted by molar-refractivity contribution is 6.32. The third kappa shape index (κ3) is 3.46. The van der Waals surface area contributed by atoms with Crippen LogP contribution in [0.2, 0.25) is 5.02 Å². The lowest BCUT2D eigenvalue weighted by molar-refractivity contribution is 0.379. The number of anilines is 1. The smallest absolute Gasteiger partial charge is 0.318 e. The SMILES string of the molecule is COc1ncc(Cl)c(N(CCC#N)C(C)C)n1. The average molecular weight is 255 g/mol. The molecule has 0 radical (unpaired) electrons. The minimum Gasteiger partial charge on any atom is -0.467 e. The van der Waals surface area contributed by atoms with E-state index in [2.05, 4.69) is 16.0 Å². The summed E-state index contributed by atoms with van der Waals surface area (Å²) >= 11 is 6.07. The molecule has 0 bridgehead atoms. The maximum absolute atomic E-state index is 8.65. The Morgan fingerprint density at radius 3 is 2.82 bits per heavy atom. The van der Waals surface area contributed by atoms with E-state index >= 15 is 0 Å². The van der Waals surface area contributed by atoms with E-state index in [-0.39, 0.29) is 12.1 Å². The Labute approximate surface area is 106 Å². The third-order valence-electron chi connectivity index (χ3n) is 2.25. The topological polar surface area (TPSA) is 62.0 Å². The van der Waals surface area contributed by atoms with Gasteiger partial charge in [-0.15, -0.1) is 0 Å². The van der Waals surface area contributed by atoms with Crippen molar-refractivity contribution in [3.8, 4) is 12.1 Å². The van der Waals surface area contributed by atoms with Crippen LogP contribution in [0.4, 0.5) is 5.82 Å². The molecule has 1 aromatic heterocycles. The molecule has 0 saturated carbocycles. The molecule has 5 nitrogen and oxygen atoms in total. The van der Waals surface area contributed by atoms with E-state index in [1.807, 2.05) is 18.7 Å². The van der Waals surface area contributed by atoms with E-state index in [0.717, 1.165) is 0 Å². The van der Waals surface area contributed by atoms with Crippen molar-refractivity contribution in [3.05, 3.63) is 11.2 Å². The lowest BCUT2D eigenvalue weighted by Gasteiger charge is -2.27. The monoisotopic (exact) mass is 254 g/mol. The molecule has 1 rings (SSSR count). The van der Waals surface area contributed by atoms with Crippen LogP contribution < -0.4 is 9.64 Å². The van der Waals surface area contributed by atoms with Crippen molar-refractivity contribution in [2.45, 2.75) is 26.3 Å². The Morgan fingerprint density at radius 1 is 1.59 bits per heavy atom. The van der Waals surface area contributed by atoms with Crippen LogP contribution in [-0.2, 0) is 0 Å². The van der Waals surface area contributed by atoms with Crippen molar-refractivity contribution in [2.24, 2.45) is 0 Å². The molecule has 0 aromatic carbocycles. The molecule has 0 aliphatic heterocycles. The number of rotatable bonds is 5. The van der Waals surface area contributed by atoms with Gasteiger partial charge in [0.1, 0.15) is 5.02 Å². The Hall–Kier alpha value is -1.54. The molecule has 0 atom stereocenters. The minimum absolute atomic E-state index is 0.195. The quantitative estimate of drug-likeness (QED) is 0.807. The molecular weight excluding hydrogens is 240 g/mol. The lowest BCUT2D eigenvalue weighted by atomic mass is 10.3. The number of hydrogen-bond acceptors (Lipinski definition) is 5. The van der Waals surface area contributed by atoms with Crippen molar-refractivity contribution < 1.29 is 4.74 Å². The number of methoxy groups -OCH3 is 1. The predicted molar refractivity (Wildman–Crippen MR) is 66.3 cm³/mol. The number of nitriles is 1. The number of hydrogen-bond donors (Lipinski definition) is 0. The molecule has 0 saturated heterocycles. The van der Waals surface area contributed by atoms with Gasteiger partial charge in [-0.05, 0) is 13.8 Å². The Bertz CT molecular complexity index is 416. The summed E-state index contributed by atoms with van der Waals surface area (Å²) in [5.41, 5.74) is 0. The zero-order chi connectivity index (χ0) is 12.8. The molecule has 0 aliphatic rings. The zero-order valence-corrected chi connectivity index (χ0v) is 10.9. The molecule has 1 aromatic rings. The Balaban J connectivity index is 3.04. The standard InChI is InChI=1S/C11H15ClN4O/c1-8(2)16(6-4-5-13)10-9(12)7-14-11(15-10)17-3/h7-8H,4,6H2,1-3H3. The summed E-state index contributed by atoms with van der Waals surface area (Å²) in [6.45, 7) is 4.61. The fourth-order valence-corrected chi connectivity index (χ4v) is 1.62. The van der Waals surface area contributed by atoms with Crippen LogP contribution in [0.3, 0.4) is 0 Å². The molecule has 92 valence electrons. The summed E-state index contributed by atoms with van der Waals surface area (Å²) < 4.78 is 4.97. The second kappa shape index (κ2) is 6.26. The van der Waals surface area contributed by atoms with E-state index in [0.29, 0.717) is 23.8 Å². The molecule has 0 aliphatic carbocycles. The summed E-state index contributed by atoms with van der Waals surface area (Å²) in [5.74, 6) is 0.601. The van der Waals surface area contributed by atoms with Crippen molar-refractivity contribution in [1.82, 2.24) is 9.97 Å². The van der Waals surface area contributed by atoms with Gasteiger partial charge in [-0.3, -0.25) is 0 Å². The first-order valence-corrected chi connectivity index (χ1v) is 5.68. The van der Waals surface area contributed by atoms with Crippen LogP contribution in [0, 0.1) is 11.3 Å². The first-order valence-electron chi connectivity index (χ1n) is 5.30. The van der Waals surface area contributed by atoms with E-state index < -0.39 is 0 Å². The number of aromatic nitrogens is 2. The molecule has 0 amide bonds. The number of ether oxygens (including phenoxy) is 1. The second-order valence-electron chi connectivity index (χ2n) is 3.72. The summed E-state index contributed by atoms with van der Waals surface area (Å²) in [7, 11) is 1.50. The molecule has 17 heavy (non-hydrogen) atoms. The maximum atomic E-state index is 8.65. The van der Waals surface area contributed by atoms with Gasteiger partial charge in [0.2, 0.25) is 0 Å². The van der Waals surface area contributed by atoms with Gasteiger partial charge < -0.3 is 9.64 Å². The van der Waals surface area contributed by atoms with Crippen molar-refractivity contribution in [1.29, 1.82) is 5.26 Å². The van der Waals surface area contributed by atoms with E-state index in [1.54, 1.807) is 0 Å². The van der Waals surface area contributed by atoms with Gasteiger partial charge in [-0.25, -0.2) is 4.98 Å². The van der Waals surface area contributed by atoms with E-state index in [1.165, 1.54) is 13.3 Å². The van der Waals surface area contributed by atoms with Crippen molar-refractivity contribution in [3.63, 3.8) is 0 Å². The summed E-state index contributed by atoms with van der Waals surface area (Å²) in [6.07, 6.45) is 1.92. The normalized spacial score (nSPS) is 10.1. The Morgan fingerprint density at radius 2 is 2.29 bits per heavy atom. The van der Waals surface area contributed by atoms with Crippen LogP contribution in [0.5, 0.6) is 6.01 Å². The first-order chi connectivity index (χ1) is 8.10. The molecule has 0 spiro atoms. The first kappa shape index (κ1) is 13.5. The van der Waals surface area contributed by atoms with Crippen molar-refractivity contribution >= 4 is 17.4 Å². The van der Waals surface area contributed by atoms with Gasteiger partial charge >= 0.3 is 6.01 Å². The van der Waals surface area contributed by atoms with Gasteiger partial charge in [0, 0.05) is 12.6 Å². The van der Waals surface area contributed by atoms with Gasteiger partial charge in [0.25, 0.3) is 0 Å². The molecule has 0 fully saturated rings. The molecular formula is C11H15ClN4O. The largest absolute Gasteiger partial charge is 0.467 e. The summed E-state index contributed by atoms with van der Waals surface area (Å²) in [4.78, 5) is 10.1. The molecule has 1 heterocycles. The average Bonchev–Trinajstić information content (AvgIpc) is 2.31. The van der Waals surface area contributed by atoms with Gasteiger partial charge in [-0.2, -0.15) is 10.2 Å². The summed E-state index contributed by atoms with van der Waals surface area (Å²) in [6, 6.07) is 2.58. The number of halogens is 1. The summed E-state index contributed by atoms with van der Waals surface area (Å²) in [5, 5.41) is 9.10. The minimum atomic E-state index is 0.195. The fraction of sp³-hybridized carbons (Fsp3) is 0.545. The van der Waals surface area contributed by atoms with Crippen molar-refractivity contribution in [2.75, 3.05) is 18.6 Å². The molecule has 0 unspecified atom stereocenters. The fourth-order valence-electron chi connectivity index (χ4n) is 1.42. The Kier molecular flexibility index (Phi) is 4.98. The second-order valence-corrected chi connectivity index (χ2v) is 4.13. The molecule has 6 heteroatoms. The highest BCUT2D eigenvalue weighted by Crippen LogP contribution is 2.26.